The highest BCUT2D eigenvalue weighted by atomic mass is 16.5. The summed E-state index contributed by atoms with van der Waals surface area (Å²) in [6.07, 6.45) is 1.45. The van der Waals surface area contributed by atoms with Gasteiger partial charge in [-0.15, -0.1) is 0 Å². The minimum absolute atomic E-state index is 0.00979. The molecule has 3 rings (SSSR count). The van der Waals surface area contributed by atoms with Crippen LogP contribution in [0.15, 0.2) is 18.2 Å². The Balaban J connectivity index is 1.58. The lowest BCUT2D eigenvalue weighted by Gasteiger charge is -2.35. The largest absolute Gasteiger partial charge is 0.496 e. The molecule has 6 nitrogen and oxygen atoms in total. The van der Waals surface area contributed by atoms with Crippen LogP contribution in [-0.2, 0) is 9.53 Å². The van der Waals surface area contributed by atoms with Gasteiger partial charge in [-0.25, -0.2) is 0 Å². The molecule has 136 valence electrons. The molecule has 1 aromatic rings. The van der Waals surface area contributed by atoms with Gasteiger partial charge in [0.05, 0.1) is 20.3 Å². The van der Waals surface area contributed by atoms with Crippen LogP contribution in [0.5, 0.6) is 5.75 Å². The highest BCUT2D eigenvalue weighted by Gasteiger charge is 2.31. The predicted octanol–water partition coefficient (Wildman–Crippen LogP) is 1.71. The van der Waals surface area contributed by atoms with Gasteiger partial charge in [-0.2, -0.15) is 0 Å². The second-order valence-electron chi connectivity index (χ2n) is 6.69. The highest BCUT2D eigenvalue weighted by Crippen LogP contribution is 2.24. The Bertz CT molecular complexity index is 632. The van der Waals surface area contributed by atoms with E-state index in [0.29, 0.717) is 45.0 Å². The number of aryl methyl sites for hydroxylation is 1. The van der Waals surface area contributed by atoms with E-state index in [1.807, 2.05) is 28.9 Å². The molecule has 0 spiro atoms. The fourth-order valence-electron chi connectivity index (χ4n) is 3.51. The van der Waals surface area contributed by atoms with Gasteiger partial charge in [0, 0.05) is 37.7 Å². The van der Waals surface area contributed by atoms with Gasteiger partial charge in [0.25, 0.3) is 5.91 Å². The maximum absolute atomic E-state index is 12.7. The van der Waals surface area contributed by atoms with Gasteiger partial charge in [-0.1, -0.05) is 6.07 Å². The van der Waals surface area contributed by atoms with Gasteiger partial charge in [0.15, 0.2) is 0 Å². The summed E-state index contributed by atoms with van der Waals surface area (Å²) in [5.74, 6) is 0.973. The number of hydrogen-bond donors (Lipinski definition) is 0. The van der Waals surface area contributed by atoms with E-state index in [0.717, 1.165) is 24.2 Å². The standard InChI is InChI=1S/C19H26N2O4/c1-14-3-4-16(13-17(14)24-2)19(23)20-7-5-15(6-8-20)18(22)21-9-11-25-12-10-21/h3-4,13,15H,5-12H2,1-2H3. The lowest BCUT2D eigenvalue weighted by atomic mass is 9.94. The quantitative estimate of drug-likeness (QED) is 0.836. The number of benzene rings is 1. The van der Waals surface area contributed by atoms with Crippen LogP contribution in [0.1, 0.15) is 28.8 Å². The van der Waals surface area contributed by atoms with Crippen molar-refractivity contribution in [1.82, 2.24) is 9.80 Å². The van der Waals surface area contributed by atoms with E-state index >= 15 is 0 Å². The number of methoxy groups -OCH3 is 1. The molecule has 2 aliphatic rings. The third-order valence-corrected chi connectivity index (χ3v) is 5.11. The van der Waals surface area contributed by atoms with E-state index < -0.39 is 0 Å². The molecule has 2 saturated heterocycles. The monoisotopic (exact) mass is 346 g/mol. The summed E-state index contributed by atoms with van der Waals surface area (Å²) in [5.41, 5.74) is 1.65. The fourth-order valence-corrected chi connectivity index (χ4v) is 3.51. The van der Waals surface area contributed by atoms with Crippen molar-refractivity contribution in [2.75, 3.05) is 46.5 Å². The number of rotatable bonds is 3. The molecule has 0 saturated carbocycles. The molecule has 0 aromatic heterocycles. The van der Waals surface area contributed by atoms with Crippen molar-refractivity contribution in [3.63, 3.8) is 0 Å². The van der Waals surface area contributed by atoms with Gasteiger partial charge in [0.2, 0.25) is 5.91 Å². The van der Waals surface area contributed by atoms with Crippen molar-refractivity contribution in [3.8, 4) is 5.75 Å². The van der Waals surface area contributed by atoms with Crippen LogP contribution in [-0.4, -0.2) is 68.1 Å². The summed E-state index contributed by atoms with van der Waals surface area (Å²) in [5, 5.41) is 0. The van der Waals surface area contributed by atoms with Crippen LogP contribution in [0.3, 0.4) is 0 Å². The van der Waals surface area contributed by atoms with Gasteiger partial charge in [-0.05, 0) is 37.5 Å². The third-order valence-electron chi connectivity index (χ3n) is 5.11. The highest BCUT2D eigenvalue weighted by molar-refractivity contribution is 5.95. The van der Waals surface area contributed by atoms with E-state index in [1.54, 1.807) is 13.2 Å². The Hall–Kier alpha value is -2.08. The Kier molecular flexibility index (Phi) is 5.58. The second kappa shape index (κ2) is 7.87. The van der Waals surface area contributed by atoms with E-state index in [9.17, 15) is 9.59 Å². The number of ether oxygens (including phenoxy) is 2. The summed E-state index contributed by atoms with van der Waals surface area (Å²) in [6.45, 7) is 5.81. The molecule has 1 aromatic carbocycles. The molecule has 0 N–H and O–H groups in total. The first kappa shape index (κ1) is 17.7. The molecule has 2 fully saturated rings. The van der Waals surface area contributed by atoms with Crippen molar-refractivity contribution >= 4 is 11.8 Å². The molecule has 2 aliphatic heterocycles. The average Bonchev–Trinajstić information content (AvgIpc) is 2.68. The predicted molar refractivity (Wildman–Crippen MR) is 93.8 cm³/mol. The molecule has 0 aliphatic carbocycles. The molecular formula is C19H26N2O4. The van der Waals surface area contributed by atoms with Crippen LogP contribution >= 0.6 is 0 Å². The lowest BCUT2D eigenvalue weighted by Crippen LogP contribution is -2.47. The Labute approximate surface area is 148 Å². The summed E-state index contributed by atoms with van der Waals surface area (Å²) in [6, 6.07) is 5.54. The van der Waals surface area contributed by atoms with Crippen LogP contribution in [0.4, 0.5) is 0 Å². The van der Waals surface area contributed by atoms with Crippen LogP contribution in [0.25, 0.3) is 0 Å². The maximum atomic E-state index is 12.7. The summed E-state index contributed by atoms with van der Waals surface area (Å²) < 4.78 is 10.6. The summed E-state index contributed by atoms with van der Waals surface area (Å²) in [4.78, 5) is 29.0. The van der Waals surface area contributed by atoms with Gasteiger partial charge >= 0.3 is 0 Å². The maximum Gasteiger partial charge on any atom is 0.253 e. The SMILES string of the molecule is COc1cc(C(=O)N2CCC(C(=O)N3CCOCC3)CC2)ccc1C. The molecule has 0 atom stereocenters. The number of nitrogens with zero attached hydrogens (tertiary/aromatic N) is 2. The van der Waals surface area contributed by atoms with Crippen molar-refractivity contribution in [2.24, 2.45) is 5.92 Å². The first-order chi connectivity index (χ1) is 12.1. The van der Waals surface area contributed by atoms with E-state index in [4.69, 9.17) is 9.47 Å². The molecular weight excluding hydrogens is 320 g/mol. The molecule has 6 heteroatoms. The zero-order chi connectivity index (χ0) is 17.8. The van der Waals surface area contributed by atoms with Crippen LogP contribution in [0, 0.1) is 12.8 Å². The minimum atomic E-state index is 0.00979. The molecule has 0 radical (unpaired) electrons. The Morgan fingerprint density at radius 1 is 1.08 bits per heavy atom. The van der Waals surface area contributed by atoms with Crippen molar-refractivity contribution in [3.05, 3.63) is 29.3 Å². The first-order valence-electron chi connectivity index (χ1n) is 8.90. The van der Waals surface area contributed by atoms with Crippen molar-refractivity contribution in [1.29, 1.82) is 0 Å². The molecule has 0 bridgehead atoms. The summed E-state index contributed by atoms with van der Waals surface area (Å²) in [7, 11) is 1.61. The normalized spacial score (nSPS) is 19.0. The zero-order valence-electron chi connectivity index (χ0n) is 15.0. The number of carbonyl (C=O) groups excluding carboxylic acids is 2. The third kappa shape index (κ3) is 3.95. The number of hydrogen-bond acceptors (Lipinski definition) is 4. The molecule has 0 unspecified atom stereocenters. The number of likely N-dealkylation sites (tertiary alicyclic amines) is 1. The topological polar surface area (TPSA) is 59.1 Å². The van der Waals surface area contributed by atoms with Crippen LogP contribution < -0.4 is 4.74 Å². The molecule has 2 heterocycles. The van der Waals surface area contributed by atoms with Gasteiger partial charge < -0.3 is 19.3 Å². The minimum Gasteiger partial charge on any atom is -0.496 e. The Morgan fingerprint density at radius 3 is 2.40 bits per heavy atom. The Morgan fingerprint density at radius 2 is 1.76 bits per heavy atom. The first-order valence-corrected chi connectivity index (χ1v) is 8.90. The van der Waals surface area contributed by atoms with E-state index in [-0.39, 0.29) is 17.7 Å². The van der Waals surface area contributed by atoms with E-state index in [2.05, 4.69) is 0 Å². The second-order valence-corrected chi connectivity index (χ2v) is 6.69. The number of amides is 2. The van der Waals surface area contributed by atoms with Crippen molar-refractivity contribution < 1.29 is 19.1 Å². The van der Waals surface area contributed by atoms with Crippen LogP contribution in [0.2, 0.25) is 0 Å². The number of morpholine rings is 1. The van der Waals surface area contributed by atoms with Gasteiger partial charge in [0.1, 0.15) is 5.75 Å². The smallest absolute Gasteiger partial charge is 0.253 e. The molecule has 25 heavy (non-hydrogen) atoms. The zero-order valence-corrected chi connectivity index (χ0v) is 15.0. The lowest BCUT2D eigenvalue weighted by molar-refractivity contribution is -0.141. The van der Waals surface area contributed by atoms with Crippen molar-refractivity contribution in [2.45, 2.75) is 19.8 Å². The average molecular weight is 346 g/mol. The van der Waals surface area contributed by atoms with Gasteiger partial charge in [-0.3, -0.25) is 9.59 Å². The number of carbonyl (C=O) groups is 2. The molecule has 2 amide bonds. The summed E-state index contributed by atoms with van der Waals surface area (Å²) >= 11 is 0. The fraction of sp³-hybridized carbons (Fsp3) is 0.579. The van der Waals surface area contributed by atoms with E-state index in [1.165, 1.54) is 0 Å². The number of piperidine rings is 1.